The third kappa shape index (κ3) is 3.47. The zero-order valence-corrected chi connectivity index (χ0v) is 11.3. The molecule has 0 saturated heterocycles. The lowest BCUT2D eigenvalue weighted by Crippen LogP contribution is -2.33. The van der Waals surface area contributed by atoms with Crippen LogP contribution in [0.3, 0.4) is 0 Å². The van der Waals surface area contributed by atoms with Crippen LogP contribution in [0.4, 0.5) is 5.69 Å². The molecule has 94 valence electrons. The van der Waals surface area contributed by atoms with Crippen molar-refractivity contribution in [1.82, 2.24) is 4.90 Å². The quantitative estimate of drug-likeness (QED) is 0.794. The van der Waals surface area contributed by atoms with Gasteiger partial charge in [-0.1, -0.05) is 26.8 Å². The number of rotatable bonds is 2. The number of fused-ring (bicyclic) bond motifs is 1. The zero-order chi connectivity index (χ0) is 12.5. The number of nitrogens with two attached hydrogens (primary N) is 1. The molecule has 17 heavy (non-hydrogen) atoms. The molecule has 0 amide bonds. The largest absolute Gasteiger partial charge is 0.399 e. The van der Waals surface area contributed by atoms with Crippen LogP contribution < -0.4 is 5.73 Å². The van der Waals surface area contributed by atoms with Gasteiger partial charge in [-0.2, -0.15) is 0 Å². The van der Waals surface area contributed by atoms with Crippen molar-refractivity contribution in [2.24, 2.45) is 5.41 Å². The molecule has 1 heterocycles. The van der Waals surface area contributed by atoms with Gasteiger partial charge >= 0.3 is 0 Å². The van der Waals surface area contributed by atoms with Gasteiger partial charge in [-0.3, -0.25) is 4.90 Å². The van der Waals surface area contributed by atoms with Crippen molar-refractivity contribution in [3.63, 3.8) is 0 Å². The van der Waals surface area contributed by atoms with Crippen molar-refractivity contribution >= 4 is 5.69 Å². The maximum atomic E-state index is 5.82. The summed E-state index contributed by atoms with van der Waals surface area (Å²) in [4.78, 5) is 2.56. The molecule has 0 unspecified atom stereocenters. The summed E-state index contributed by atoms with van der Waals surface area (Å²) in [6, 6.07) is 6.34. The Hall–Kier alpha value is -1.02. The summed E-state index contributed by atoms with van der Waals surface area (Å²) >= 11 is 0. The van der Waals surface area contributed by atoms with Crippen molar-refractivity contribution < 1.29 is 0 Å². The summed E-state index contributed by atoms with van der Waals surface area (Å²) in [5.74, 6) is 0. The van der Waals surface area contributed by atoms with E-state index in [0.717, 1.165) is 18.7 Å². The van der Waals surface area contributed by atoms with E-state index in [-0.39, 0.29) is 0 Å². The lowest BCUT2D eigenvalue weighted by atomic mass is 9.91. The van der Waals surface area contributed by atoms with Gasteiger partial charge in [0.05, 0.1) is 0 Å². The van der Waals surface area contributed by atoms with E-state index in [0.29, 0.717) is 5.41 Å². The average molecular weight is 232 g/mol. The SMILES string of the molecule is CC(C)(C)CCN1CCc2cc(N)ccc2C1. The standard InChI is InChI=1S/C15H24N2/c1-15(2,3)7-9-17-8-6-12-10-14(16)5-4-13(12)11-17/h4-5,10H,6-9,11,16H2,1-3H3. The van der Waals surface area contributed by atoms with E-state index >= 15 is 0 Å². The molecule has 0 fully saturated rings. The molecule has 2 heteroatoms. The van der Waals surface area contributed by atoms with Crippen molar-refractivity contribution in [3.05, 3.63) is 29.3 Å². The molecule has 1 aromatic carbocycles. The first-order valence-corrected chi connectivity index (χ1v) is 6.54. The van der Waals surface area contributed by atoms with Gasteiger partial charge in [0.1, 0.15) is 0 Å². The Balaban J connectivity index is 1.97. The number of nitrogens with zero attached hydrogens (tertiary/aromatic N) is 1. The first-order chi connectivity index (χ1) is 7.94. The second-order valence-corrected chi connectivity index (χ2v) is 6.36. The van der Waals surface area contributed by atoms with Crippen LogP contribution in [0.2, 0.25) is 0 Å². The summed E-state index contributed by atoms with van der Waals surface area (Å²) in [7, 11) is 0. The molecule has 0 saturated carbocycles. The highest BCUT2D eigenvalue weighted by Gasteiger charge is 2.18. The first-order valence-electron chi connectivity index (χ1n) is 6.54. The fraction of sp³-hybridized carbons (Fsp3) is 0.600. The van der Waals surface area contributed by atoms with Gasteiger partial charge in [0.15, 0.2) is 0 Å². The van der Waals surface area contributed by atoms with Gasteiger partial charge in [0, 0.05) is 18.8 Å². The normalized spacial score (nSPS) is 16.9. The van der Waals surface area contributed by atoms with E-state index in [1.54, 1.807) is 0 Å². The van der Waals surface area contributed by atoms with Crippen LogP contribution >= 0.6 is 0 Å². The summed E-state index contributed by atoms with van der Waals surface area (Å²) in [6.45, 7) is 10.4. The van der Waals surface area contributed by atoms with Gasteiger partial charge in [0.25, 0.3) is 0 Å². The summed E-state index contributed by atoms with van der Waals surface area (Å²) in [6.07, 6.45) is 2.40. The Morgan fingerprint density at radius 1 is 1.24 bits per heavy atom. The zero-order valence-electron chi connectivity index (χ0n) is 11.3. The summed E-state index contributed by atoms with van der Waals surface area (Å²) < 4.78 is 0. The predicted octanol–water partition coefficient (Wildman–Crippen LogP) is 3.06. The number of hydrogen-bond acceptors (Lipinski definition) is 2. The maximum Gasteiger partial charge on any atom is 0.0316 e. The third-order valence-corrected chi connectivity index (χ3v) is 3.50. The monoisotopic (exact) mass is 232 g/mol. The molecular weight excluding hydrogens is 208 g/mol. The topological polar surface area (TPSA) is 29.3 Å². The highest BCUT2D eigenvalue weighted by Crippen LogP contribution is 2.24. The Kier molecular flexibility index (Phi) is 3.43. The smallest absolute Gasteiger partial charge is 0.0316 e. The molecule has 0 spiro atoms. The van der Waals surface area contributed by atoms with E-state index in [1.165, 1.54) is 30.6 Å². The number of nitrogen functional groups attached to an aromatic ring is 1. The fourth-order valence-electron chi connectivity index (χ4n) is 2.32. The highest BCUT2D eigenvalue weighted by molar-refractivity contribution is 5.45. The minimum atomic E-state index is 0.432. The Morgan fingerprint density at radius 3 is 2.71 bits per heavy atom. The molecular formula is C15H24N2. The molecule has 0 bridgehead atoms. The predicted molar refractivity (Wildman–Crippen MR) is 73.9 cm³/mol. The molecule has 0 atom stereocenters. The van der Waals surface area contributed by atoms with E-state index < -0.39 is 0 Å². The molecule has 2 nitrogen and oxygen atoms in total. The molecule has 0 aromatic heterocycles. The Labute approximate surface area is 105 Å². The van der Waals surface area contributed by atoms with Gasteiger partial charge in [-0.05, 0) is 48.1 Å². The lowest BCUT2D eigenvalue weighted by Gasteiger charge is -2.31. The Bertz CT molecular complexity index is 390. The van der Waals surface area contributed by atoms with Crippen LogP contribution in [0.15, 0.2) is 18.2 Å². The van der Waals surface area contributed by atoms with E-state index in [1.807, 2.05) is 6.07 Å². The van der Waals surface area contributed by atoms with Gasteiger partial charge in [-0.25, -0.2) is 0 Å². The van der Waals surface area contributed by atoms with Crippen molar-refractivity contribution in [1.29, 1.82) is 0 Å². The van der Waals surface area contributed by atoms with Crippen LogP contribution in [0.5, 0.6) is 0 Å². The van der Waals surface area contributed by atoms with Crippen LogP contribution in [-0.2, 0) is 13.0 Å². The minimum absolute atomic E-state index is 0.432. The van der Waals surface area contributed by atoms with Gasteiger partial charge in [-0.15, -0.1) is 0 Å². The van der Waals surface area contributed by atoms with Crippen LogP contribution in [0.1, 0.15) is 38.3 Å². The van der Waals surface area contributed by atoms with Crippen molar-refractivity contribution in [3.8, 4) is 0 Å². The lowest BCUT2D eigenvalue weighted by molar-refractivity contribution is 0.213. The second kappa shape index (κ2) is 4.69. The van der Waals surface area contributed by atoms with Crippen LogP contribution in [-0.4, -0.2) is 18.0 Å². The molecule has 1 aliphatic rings. The van der Waals surface area contributed by atoms with E-state index in [2.05, 4.69) is 37.8 Å². The summed E-state index contributed by atoms with van der Waals surface area (Å²) in [5.41, 5.74) is 10.0. The highest BCUT2D eigenvalue weighted by atomic mass is 15.1. The molecule has 0 radical (unpaired) electrons. The number of hydrogen-bond donors (Lipinski definition) is 1. The maximum absolute atomic E-state index is 5.82. The van der Waals surface area contributed by atoms with Gasteiger partial charge in [0.2, 0.25) is 0 Å². The van der Waals surface area contributed by atoms with Crippen molar-refractivity contribution in [2.75, 3.05) is 18.8 Å². The van der Waals surface area contributed by atoms with Crippen molar-refractivity contribution in [2.45, 2.75) is 40.2 Å². The number of benzene rings is 1. The second-order valence-electron chi connectivity index (χ2n) is 6.36. The van der Waals surface area contributed by atoms with E-state index in [9.17, 15) is 0 Å². The van der Waals surface area contributed by atoms with Crippen LogP contribution in [0, 0.1) is 5.41 Å². The number of anilines is 1. The Morgan fingerprint density at radius 2 is 2.00 bits per heavy atom. The third-order valence-electron chi connectivity index (χ3n) is 3.50. The summed E-state index contributed by atoms with van der Waals surface area (Å²) in [5, 5.41) is 0. The molecule has 1 aliphatic heterocycles. The minimum Gasteiger partial charge on any atom is -0.399 e. The first kappa shape index (κ1) is 12.4. The van der Waals surface area contributed by atoms with E-state index in [4.69, 9.17) is 5.73 Å². The average Bonchev–Trinajstić information content (AvgIpc) is 2.25. The van der Waals surface area contributed by atoms with Gasteiger partial charge < -0.3 is 5.73 Å². The molecule has 2 N–H and O–H groups in total. The molecule has 1 aromatic rings. The molecule has 0 aliphatic carbocycles. The molecule has 2 rings (SSSR count). The van der Waals surface area contributed by atoms with Crippen LogP contribution in [0.25, 0.3) is 0 Å². The fourth-order valence-corrected chi connectivity index (χ4v) is 2.32.